The summed E-state index contributed by atoms with van der Waals surface area (Å²) in [6.45, 7) is 3.85. The molecule has 1 saturated heterocycles. The topological polar surface area (TPSA) is 63.5 Å². The minimum absolute atomic E-state index is 0.0272. The summed E-state index contributed by atoms with van der Waals surface area (Å²) in [6.07, 6.45) is 1.70. The molecule has 1 atom stereocenters. The first-order valence-corrected chi connectivity index (χ1v) is 10.4. The number of piperazine rings is 1. The first-order chi connectivity index (χ1) is 14.7. The van der Waals surface area contributed by atoms with E-state index in [0.717, 1.165) is 30.2 Å². The van der Waals surface area contributed by atoms with Gasteiger partial charge in [0.25, 0.3) is 5.91 Å². The quantitative estimate of drug-likeness (QED) is 0.647. The van der Waals surface area contributed by atoms with Crippen LogP contribution < -0.4 is 4.90 Å². The number of aromatic nitrogens is 3. The molecule has 3 aromatic rings. The number of halogens is 1. The maximum atomic E-state index is 13.0. The number of nitrogens with zero attached hydrogens (tertiary/aromatic N) is 5. The van der Waals surface area contributed by atoms with Crippen LogP contribution in [-0.4, -0.2) is 51.8 Å². The molecule has 30 heavy (non-hydrogen) atoms. The summed E-state index contributed by atoms with van der Waals surface area (Å²) in [5, 5.41) is 5.29. The number of amides is 1. The molecule has 0 saturated carbocycles. The molecule has 1 fully saturated rings. The van der Waals surface area contributed by atoms with Crippen LogP contribution in [0.3, 0.4) is 0 Å². The Morgan fingerprint density at radius 3 is 2.60 bits per heavy atom. The molecule has 4 heterocycles. The average molecular weight is 424 g/mol. The van der Waals surface area contributed by atoms with Gasteiger partial charge in [0.2, 0.25) is 0 Å². The van der Waals surface area contributed by atoms with Gasteiger partial charge in [0.05, 0.1) is 18.8 Å². The Bertz CT molecular complexity index is 1030. The molecule has 2 aromatic heterocycles. The van der Waals surface area contributed by atoms with Gasteiger partial charge in [0.1, 0.15) is 11.9 Å². The summed E-state index contributed by atoms with van der Waals surface area (Å²) in [7, 11) is 0. The van der Waals surface area contributed by atoms with E-state index in [4.69, 9.17) is 16.3 Å². The molecule has 2 aliphatic rings. The number of carbonyl (C=O) groups is 1. The van der Waals surface area contributed by atoms with Crippen molar-refractivity contribution in [1.82, 2.24) is 19.7 Å². The summed E-state index contributed by atoms with van der Waals surface area (Å²) < 4.78 is 7.88. The van der Waals surface area contributed by atoms with Gasteiger partial charge in [-0.2, -0.15) is 5.10 Å². The Balaban J connectivity index is 1.24. The fourth-order valence-electron chi connectivity index (χ4n) is 3.95. The van der Waals surface area contributed by atoms with E-state index in [9.17, 15) is 4.79 Å². The number of carbonyl (C=O) groups excluding carboxylic acids is 1. The fourth-order valence-corrected chi connectivity index (χ4v) is 4.08. The van der Waals surface area contributed by atoms with Crippen LogP contribution in [0.4, 0.5) is 5.82 Å². The smallest absolute Gasteiger partial charge is 0.274 e. The van der Waals surface area contributed by atoms with Crippen molar-refractivity contribution in [2.45, 2.75) is 19.3 Å². The molecule has 0 N–H and O–H groups in total. The van der Waals surface area contributed by atoms with E-state index in [-0.39, 0.29) is 12.0 Å². The number of fused-ring (bicyclic) bond motifs is 1. The van der Waals surface area contributed by atoms with Gasteiger partial charge in [-0.1, -0.05) is 29.8 Å². The predicted octanol–water partition coefficient (Wildman–Crippen LogP) is 3.17. The Labute approximate surface area is 179 Å². The Morgan fingerprint density at radius 2 is 1.87 bits per heavy atom. The summed E-state index contributed by atoms with van der Waals surface area (Å²) in [6, 6.07) is 15.4. The lowest BCUT2D eigenvalue weighted by molar-refractivity contribution is -0.00121. The van der Waals surface area contributed by atoms with Gasteiger partial charge in [-0.15, -0.1) is 0 Å². The van der Waals surface area contributed by atoms with Crippen molar-refractivity contribution in [1.29, 1.82) is 0 Å². The highest BCUT2D eigenvalue weighted by molar-refractivity contribution is 6.30. The molecule has 154 valence electrons. The monoisotopic (exact) mass is 423 g/mol. The highest BCUT2D eigenvalue weighted by Gasteiger charge is 2.28. The van der Waals surface area contributed by atoms with Crippen LogP contribution in [0.15, 0.2) is 54.7 Å². The molecule has 8 heteroatoms. The van der Waals surface area contributed by atoms with Crippen LogP contribution in [0.25, 0.3) is 0 Å². The third-order valence-corrected chi connectivity index (χ3v) is 5.89. The van der Waals surface area contributed by atoms with Gasteiger partial charge < -0.3 is 14.5 Å². The Hall–Kier alpha value is -2.90. The lowest BCUT2D eigenvalue weighted by Crippen LogP contribution is -2.49. The molecule has 0 aliphatic carbocycles. The van der Waals surface area contributed by atoms with E-state index in [2.05, 4.69) is 15.0 Å². The molecule has 0 radical (unpaired) electrons. The number of ether oxygens (including phenoxy) is 1. The van der Waals surface area contributed by atoms with Crippen LogP contribution in [0, 0.1) is 0 Å². The fraction of sp³-hybridized carbons (Fsp3) is 0.318. The van der Waals surface area contributed by atoms with Gasteiger partial charge >= 0.3 is 0 Å². The SMILES string of the molecule is O=C(c1cc2n(n1)C[C@@H](c1ccc(Cl)cc1)OC2)N1CCN(c2ccccn2)CC1. The lowest BCUT2D eigenvalue weighted by Gasteiger charge is -2.35. The summed E-state index contributed by atoms with van der Waals surface area (Å²) in [5.74, 6) is 0.924. The Morgan fingerprint density at radius 1 is 1.07 bits per heavy atom. The second kappa shape index (κ2) is 8.08. The molecule has 5 rings (SSSR count). The van der Waals surface area contributed by atoms with Gasteiger partial charge in [0.15, 0.2) is 5.69 Å². The molecular formula is C22H22ClN5O2. The number of pyridine rings is 1. The van der Waals surface area contributed by atoms with Gasteiger partial charge in [-0.25, -0.2) is 4.98 Å². The molecule has 0 bridgehead atoms. The summed E-state index contributed by atoms with van der Waals surface area (Å²) in [5.41, 5.74) is 2.46. The van der Waals surface area contributed by atoms with Gasteiger partial charge in [0, 0.05) is 37.4 Å². The maximum Gasteiger partial charge on any atom is 0.274 e. The van der Waals surface area contributed by atoms with Crippen molar-refractivity contribution in [3.05, 3.63) is 76.7 Å². The van der Waals surface area contributed by atoms with E-state index < -0.39 is 0 Å². The lowest BCUT2D eigenvalue weighted by atomic mass is 10.1. The highest BCUT2D eigenvalue weighted by Crippen LogP contribution is 2.27. The van der Waals surface area contributed by atoms with Crippen LogP contribution in [0.2, 0.25) is 5.02 Å². The highest BCUT2D eigenvalue weighted by atomic mass is 35.5. The average Bonchev–Trinajstić information content (AvgIpc) is 3.23. The van der Waals surface area contributed by atoms with E-state index in [1.807, 2.05) is 58.1 Å². The molecule has 1 amide bonds. The number of hydrogen-bond donors (Lipinski definition) is 0. The zero-order valence-corrected chi connectivity index (χ0v) is 17.2. The van der Waals surface area contributed by atoms with Crippen molar-refractivity contribution < 1.29 is 9.53 Å². The molecule has 0 spiro atoms. The Kier molecular flexibility index (Phi) is 5.14. The van der Waals surface area contributed by atoms with Crippen LogP contribution in [-0.2, 0) is 17.9 Å². The number of benzene rings is 1. The molecule has 2 aliphatic heterocycles. The first kappa shape index (κ1) is 19.1. The first-order valence-electron chi connectivity index (χ1n) is 10.1. The van der Waals surface area contributed by atoms with E-state index >= 15 is 0 Å². The molecule has 7 nitrogen and oxygen atoms in total. The van der Waals surface area contributed by atoms with Crippen LogP contribution >= 0.6 is 11.6 Å². The van der Waals surface area contributed by atoms with E-state index in [1.165, 1.54) is 0 Å². The van der Waals surface area contributed by atoms with Crippen molar-refractivity contribution >= 4 is 23.3 Å². The number of rotatable bonds is 3. The summed E-state index contributed by atoms with van der Waals surface area (Å²) in [4.78, 5) is 21.5. The minimum Gasteiger partial charge on any atom is -0.365 e. The van der Waals surface area contributed by atoms with Gasteiger partial charge in [-0.3, -0.25) is 9.48 Å². The third-order valence-electron chi connectivity index (χ3n) is 5.64. The number of hydrogen-bond acceptors (Lipinski definition) is 5. The van der Waals surface area contributed by atoms with Gasteiger partial charge in [-0.05, 0) is 35.9 Å². The zero-order chi connectivity index (χ0) is 20.5. The number of anilines is 1. The second-order valence-electron chi connectivity index (χ2n) is 7.52. The summed E-state index contributed by atoms with van der Waals surface area (Å²) >= 11 is 5.98. The van der Waals surface area contributed by atoms with Crippen molar-refractivity contribution in [3.8, 4) is 0 Å². The molecule has 0 unspecified atom stereocenters. The second-order valence-corrected chi connectivity index (χ2v) is 7.96. The minimum atomic E-state index is -0.0977. The van der Waals surface area contributed by atoms with Crippen molar-refractivity contribution in [2.24, 2.45) is 0 Å². The normalized spacial score (nSPS) is 18.9. The molecular weight excluding hydrogens is 402 g/mol. The maximum absolute atomic E-state index is 13.0. The zero-order valence-electron chi connectivity index (χ0n) is 16.4. The van der Waals surface area contributed by atoms with Crippen molar-refractivity contribution in [2.75, 3.05) is 31.1 Å². The standard InChI is InChI=1S/C22H22ClN5O2/c23-17-6-4-16(5-7-17)20-14-28-18(15-30-20)13-19(25-28)22(29)27-11-9-26(10-12-27)21-3-1-2-8-24-21/h1-8,13,20H,9-12,14-15H2/t20-/m0/s1. The largest absolute Gasteiger partial charge is 0.365 e. The van der Waals surface area contributed by atoms with Crippen LogP contribution in [0.5, 0.6) is 0 Å². The molecule has 1 aromatic carbocycles. The van der Waals surface area contributed by atoms with Crippen LogP contribution in [0.1, 0.15) is 27.8 Å². The van der Waals surface area contributed by atoms with E-state index in [0.29, 0.717) is 37.0 Å². The van der Waals surface area contributed by atoms with Crippen molar-refractivity contribution in [3.63, 3.8) is 0 Å². The third kappa shape index (κ3) is 3.78. The van der Waals surface area contributed by atoms with E-state index in [1.54, 1.807) is 6.20 Å². The predicted molar refractivity (Wildman–Crippen MR) is 114 cm³/mol.